The van der Waals surface area contributed by atoms with Gasteiger partial charge in [0.1, 0.15) is 5.75 Å². The van der Waals surface area contributed by atoms with Crippen molar-refractivity contribution in [2.75, 3.05) is 7.11 Å². The largest absolute Gasteiger partial charge is 0.496 e. The van der Waals surface area contributed by atoms with Gasteiger partial charge < -0.3 is 14.4 Å². The van der Waals surface area contributed by atoms with Gasteiger partial charge in [-0.2, -0.15) is 0 Å². The average Bonchev–Trinajstić information content (AvgIpc) is 2.75. The number of aromatic carboxylic acids is 1. The highest BCUT2D eigenvalue weighted by Gasteiger charge is 2.17. The zero-order valence-electron chi connectivity index (χ0n) is 11.5. The maximum Gasteiger partial charge on any atom is 0.338 e. The lowest BCUT2D eigenvalue weighted by molar-refractivity contribution is 0.0698. The van der Waals surface area contributed by atoms with Gasteiger partial charge >= 0.3 is 5.97 Å². The van der Waals surface area contributed by atoms with E-state index < -0.39 is 5.97 Å². The number of aromatic nitrogens is 1. The summed E-state index contributed by atoms with van der Waals surface area (Å²) >= 11 is 0. The molecule has 19 heavy (non-hydrogen) atoms. The van der Waals surface area contributed by atoms with Crippen LogP contribution >= 0.6 is 0 Å². The molecule has 0 saturated heterocycles. The number of fused-ring (bicyclic) bond motifs is 1. The third-order valence-electron chi connectivity index (χ3n) is 3.27. The summed E-state index contributed by atoms with van der Waals surface area (Å²) in [4.78, 5) is 11.4. The number of carbonyl (C=O) groups is 1. The van der Waals surface area contributed by atoms with Crippen molar-refractivity contribution in [3.05, 3.63) is 30.0 Å². The van der Waals surface area contributed by atoms with Crippen LogP contribution in [0.4, 0.5) is 0 Å². The van der Waals surface area contributed by atoms with Crippen LogP contribution in [0.5, 0.6) is 5.75 Å². The van der Waals surface area contributed by atoms with Crippen LogP contribution in [0.2, 0.25) is 0 Å². The van der Waals surface area contributed by atoms with Gasteiger partial charge in [0.05, 0.1) is 23.6 Å². The highest BCUT2D eigenvalue weighted by molar-refractivity contribution is 6.06. The van der Waals surface area contributed by atoms with Gasteiger partial charge in [-0.05, 0) is 24.5 Å². The number of ether oxygens (including phenoxy) is 1. The molecular formula is C15H19NO3. The molecule has 0 spiro atoms. The molecule has 0 bridgehead atoms. The number of hydrogen-bond donors (Lipinski definition) is 1. The molecule has 1 aromatic heterocycles. The summed E-state index contributed by atoms with van der Waals surface area (Å²) in [7, 11) is 1.56. The maximum absolute atomic E-state index is 11.4. The molecule has 0 unspecified atom stereocenters. The van der Waals surface area contributed by atoms with E-state index in [4.69, 9.17) is 4.74 Å². The Kier molecular flexibility index (Phi) is 3.79. The van der Waals surface area contributed by atoms with Crippen LogP contribution in [0, 0.1) is 5.92 Å². The summed E-state index contributed by atoms with van der Waals surface area (Å²) in [5.41, 5.74) is 1.22. The van der Waals surface area contributed by atoms with Crippen molar-refractivity contribution in [1.82, 2.24) is 4.57 Å². The topological polar surface area (TPSA) is 51.5 Å². The summed E-state index contributed by atoms with van der Waals surface area (Å²) in [5, 5.41) is 10.0. The van der Waals surface area contributed by atoms with Crippen LogP contribution in [-0.2, 0) is 6.54 Å². The van der Waals surface area contributed by atoms with Gasteiger partial charge in [0.2, 0.25) is 0 Å². The van der Waals surface area contributed by atoms with Gasteiger partial charge in [0.25, 0.3) is 0 Å². The minimum atomic E-state index is -0.919. The minimum absolute atomic E-state index is 0.302. The Labute approximate surface area is 112 Å². The number of nitrogens with zero attached hydrogens (tertiary/aromatic N) is 1. The second-order valence-electron chi connectivity index (χ2n) is 5.08. The van der Waals surface area contributed by atoms with Gasteiger partial charge in [-0.3, -0.25) is 0 Å². The van der Waals surface area contributed by atoms with E-state index in [1.54, 1.807) is 19.4 Å². The van der Waals surface area contributed by atoms with E-state index in [1.165, 1.54) is 0 Å². The van der Waals surface area contributed by atoms with Crippen LogP contribution in [0.15, 0.2) is 24.4 Å². The van der Waals surface area contributed by atoms with E-state index >= 15 is 0 Å². The standard InChI is InChI=1S/C15H19NO3/c1-10(2)7-8-16-9-11(15(17)18)14-12(16)5-4-6-13(14)19-3/h4-6,9-10H,7-8H2,1-3H3,(H,17,18). The van der Waals surface area contributed by atoms with Gasteiger partial charge in [0, 0.05) is 12.7 Å². The first-order chi connectivity index (χ1) is 9.04. The first kappa shape index (κ1) is 13.5. The summed E-state index contributed by atoms with van der Waals surface area (Å²) in [6.07, 6.45) is 2.72. The molecule has 0 aliphatic heterocycles. The molecule has 4 nitrogen and oxygen atoms in total. The lowest BCUT2D eigenvalue weighted by Gasteiger charge is -2.08. The van der Waals surface area contributed by atoms with Crippen LogP contribution in [0.3, 0.4) is 0 Å². The van der Waals surface area contributed by atoms with Crippen LogP contribution < -0.4 is 4.74 Å². The molecule has 2 aromatic rings. The maximum atomic E-state index is 11.4. The SMILES string of the molecule is COc1cccc2c1c(C(=O)O)cn2CCC(C)C. The van der Waals surface area contributed by atoms with Crippen molar-refractivity contribution in [1.29, 1.82) is 0 Å². The smallest absolute Gasteiger partial charge is 0.338 e. The number of aryl methyl sites for hydroxylation is 1. The number of hydrogen-bond acceptors (Lipinski definition) is 2. The fourth-order valence-corrected chi connectivity index (χ4v) is 2.23. The molecule has 0 amide bonds. The van der Waals surface area contributed by atoms with Crippen LogP contribution in [0.25, 0.3) is 10.9 Å². The second-order valence-corrected chi connectivity index (χ2v) is 5.08. The van der Waals surface area contributed by atoms with Gasteiger partial charge in [-0.25, -0.2) is 4.79 Å². The predicted molar refractivity (Wildman–Crippen MR) is 74.9 cm³/mol. The number of carboxylic acids is 1. The predicted octanol–water partition coefficient (Wildman–Crippen LogP) is 3.39. The molecule has 0 saturated carbocycles. The zero-order chi connectivity index (χ0) is 14.0. The Morgan fingerprint density at radius 2 is 2.16 bits per heavy atom. The monoisotopic (exact) mass is 261 g/mol. The molecule has 4 heteroatoms. The lowest BCUT2D eigenvalue weighted by atomic mass is 10.1. The van der Waals surface area contributed by atoms with Crippen molar-refractivity contribution in [3.63, 3.8) is 0 Å². The Hall–Kier alpha value is -1.97. The molecule has 1 aromatic carbocycles. The third-order valence-corrected chi connectivity index (χ3v) is 3.27. The fraction of sp³-hybridized carbons (Fsp3) is 0.400. The van der Waals surface area contributed by atoms with E-state index in [-0.39, 0.29) is 0 Å². The molecule has 2 rings (SSSR count). The van der Waals surface area contributed by atoms with Crippen molar-refractivity contribution in [2.45, 2.75) is 26.8 Å². The summed E-state index contributed by atoms with van der Waals surface area (Å²) < 4.78 is 7.28. The van der Waals surface area contributed by atoms with Crippen molar-refractivity contribution < 1.29 is 14.6 Å². The van der Waals surface area contributed by atoms with E-state index in [1.807, 2.05) is 16.7 Å². The summed E-state index contributed by atoms with van der Waals surface area (Å²) in [6.45, 7) is 5.13. The summed E-state index contributed by atoms with van der Waals surface area (Å²) in [5.74, 6) is 0.271. The molecule has 0 aliphatic carbocycles. The first-order valence-corrected chi connectivity index (χ1v) is 6.43. The first-order valence-electron chi connectivity index (χ1n) is 6.43. The van der Waals surface area contributed by atoms with Crippen LogP contribution in [-0.4, -0.2) is 22.8 Å². The number of benzene rings is 1. The Morgan fingerprint density at radius 3 is 2.74 bits per heavy atom. The molecule has 0 aliphatic rings. The second kappa shape index (κ2) is 5.34. The fourth-order valence-electron chi connectivity index (χ4n) is 2.23. The molecule has 1 heterocycles. The Bertz CT molecular complexity index is 599. The van der Waals surface area contributed by atoms with Crippen molar-refractivity contribution in [3.8, 4) is 5.75 Å². The lowest BCUT2D eigenvalue weighted by Crippen LogP contribution is -2.00. The Morgan fingerprint density at radius 1 is 1.42 bits per heavy atom. The van der Waals surface area contributed by atoms with E-state index in [9.17, 15) is 9.90 Å². The van der Waals surface area contributed by atoms with E-state index in [0.717, 1.165) is 18.5 Å². The van der Waals surface area contributed by atoms with Crippen molar-refractivity contribution >= 4 is 16.9 Å². The quantitative estimate of drug-likeness (QED) is 0.897. The highest BCUT2D eigenvalue weighted by atomic mass is 16.5. The molecule has 0 fully saturated rings. The van der Waals surface area contributed by atoms with Crippen molar-refractivity contribution in [2.24, 2.45) is 5.92 Å². The van der Waals surface area contributed by atoms with E-state index in [2.05, 4.69) is 13.8 Å². The van der Waals surface area contributed by atoms with Gasteiger partial charge in [0.15, 0.2) is 0 Å². The van der Waals surface area contributed by atoms with Gasteiger partial charge in [-0.15, -0.1) is 0 Å². The zero-order valence-corrected chi connectivity index (χ0v) is 11.5. The van der Waals surface area contributed by atoms with Crippen LogP contribution in [0.1, 0.15) is 30.6 Å². The number of rotatable bonds is 5. The number of carboxylic acid groups (broad SMARTS) is 1. The summed E-state index contributed by atoms with van der Waals surface area (Å²) in [6, 6.07) is 5.62. The molecule has 0 atom stereocenters. The molecular weight excluding hydrogens is 242 g/mol. The third kappa shape index (κ3) is 2.57. The van der Waals surface area contributed by atoms with E-state index in [0.29, 0.717) is 22.6 Å². The minimum Gasteiger partial charge on any atom is -0.496 e. The molecule has 0 radical (unpaired) electrons. The molecule has 1 N–H and O–H groups in total. The number of methoxy groups -OCH3 is 1. The Balaban J connectivity index is 2.57. The van der Waals surface area contributed by atoms with Gasteiger partial charge in [-0.1, -0.05) is 19.9 Å². The highest BCUT2D eigenvalue weighted by Crippen LogP contribution is 2.31. The normalized spacial score (nSPS) is 11.2. The average molecular weight is 261 g/mol. The molecule has 102 valence electrons.